The van der Waals surface area contributed by atoms with Gasteiger partial charge < -0.3 is 14.8 Å². The molecular weight excluding hydrogens is 316 g/mol. The number of rotatable bonds is 9. The number of carbonyl (C=O) groups excluding carboxylic acids is 1. The highest BCUT2D eigenvalue weighted by molar-refractivity contribution is 5.98. The molecule has 0 heterocycles. The van der Waals surface area contributed by atoms with E-state index in [1.165, 1.54) is 0 Å². The first-order valence-electron chi connectivity index (χ1n) is 9.10. The lowest BCUT2D eigenvalue weighted by atomic mass is 9.98. The third-order valence-electron chi connectivity index (χ3n) is 4.69. The van der Waals surface area contributed by atoms with Crippen molar-refractivity contribution in [2.45, 2.75) is 65.1 Å². The lowest BCUT2D eigenvalue weighted by Gasteiger charge is -2.29. The van der Waals surface area contributed by atoms with Crippen molar-refractivity contribution in [3.63, 3.8) is 0 Å². The van der Waals surface area contributed by atoms with Gasteiger partial charge in [-0.05, 0) is 57.6 Å². The molecule has 1 amide bonds. The molecule has 0 radical (unpaired) electrons. The van der Waals surface area contributed by atoms with Crippen LogP contribution in [-0.2, 0) is 9.53 Å². The molecule has 25 heavy (non-hydrogen) atoms. The SMILES string of the molecule is CCCO[C@@](C)(C(=O)Nc1ccc(O[C@H](C)CC)cc1C#N)C1CC1. The van der Waals surface area contributed by atoms with E-state index in [0.717, 1.165) is 25.7 Å². The number of hydrogen-bond acceptors (Lipinski definition) is 4. The van der Waals surface area contributed by atoms with Crippen LogP contribution in [-0.4, -0.2) is 24.2 Å². The van der Waals surface area contributed by atoms with Crippen LogP contribution in [0.4, 0.5) is 5.69 Å². The first-order valence-corrected chi connectivity index (χ1v) is 9.10. The van der Waals surface area contributed by atoms with Crippen molar-refractivity contribution in [2.75, 3.05) is 11.9 Å². The molecule has 0 unspecified atom stereocenters. The fourth-order valence-electron chi connectivity index (χ4n) is 2.68. The van der Waals surface area contributed by atoms with E-state index < -0.39 is 5.60 Å². The Kier molecular flexibility index (Phi) is 6.44. The molecule has 0 saturated heterocycles. The summed E-state index contributed by atoms with van der Waals surface area (Å²) in [5, 5.41) is 12.3. The van der Waals surface area contributed by atoms with Crippen molar-refractivity contribution in [1.82, 2.24) is 0 Å². The van der Waals surface area contributed by atoms with Crippen LogP contribution in [0.3, 0.4) is 0 Å². The van der Waals surface area contributed by atoms with Crippen LogP contribution >= 0.6 is 0 Å². The molecule has 1 N–H and O–H groups in total. The second kappa shape index (κ2) is 8.35. The molecule has 1 aromatic carbocycles. The van der Waals surface area contributed by atoms with Crippen molar-refractivity contribution in [2.24, 2.45) is 5.92 Å². The zero-order valence-electron chi connectivity index (χ0n) is 15.6. The molecule has 0 aromatic heterocycles. The Hall–Kier alpha value is -2.06. The van der Waals surface area contributed by atoms with E-state index in [4.69, 9.17) is 9.47 Å². The number of carbonyl (C=O) groups is 1. The lowest BCUT2D eigenvalue weighted by molar-refractivity contribution is -0.142. The summed E-state index contributed by atoms with van der Waals surface area (Å²) in [4.78, 5) is 12.8. The van der Waals surface area contributed by atoms with Gasteiger partial charge in [0.2, 0.25) is 0 Å². The highest BCUT2D eigenvalue weighted by Crippen LogP contribution is 2.42. The standard InChI is InChI=1S/C20H28N2O3/c1-5-11-24-20(4,16-7-8-16)19(23)22-18-10-9-17(12-15(18)13-21)25-14(3)6-2/h9-10,12,14,16H,5-8,11H2,1-4H3,(H,22,23)/t14-,20-/m1/s1. The first-order chi connectivity index (χ1) is 11.9. The van der Waals surface area contributed by atoms with Crippen LogP contribution in [0.1, 0.15) is 58.9 Å². The van der Waals surface area contributed by atoms with Gasteiger partial charge in [-0.15, -0.1) is 0 Å². The van der Waals surface area contributed by atoms with Crippen LogP contribution in [0.2, 0.25) is 0 Å². The minimum atomic E-state index is -0.839. The van der Waals surface area contributed by atoms with Gasteiger partial charge in [0.05, 0.1) is 17.4 Å². The van der Waals surface area contributed by atoms with E-state index in [0.29, 0.717) is 23.6 Å². The largest absolute Gasteiger partial charge is 0.491 e. The van der Waals surface area contributed by atoms with E-state index in [-0.39, 0.29) is 17.9 Å². The van der Waals surface area contributed by atoms with Crippen LogP contribution in [0.25, 0.3) is 0 Å². The number of ether oxygens (including phenoxy) is 2. The smallest absolute Gasteiger partial charge is 0.256 e. The van der Waals surface area contributed by atoms with Crippen LogP contribution in [0.15, 0.2) is 18.2 Å². The van der Waals surface area contributed by atoms with E-state index in [2.05, 4.69) is 11.4 Å². The maximum absolute atomic E-state index is 12.8. The second-order valence-corrected chi connectivity index (χ2v) is 6.84. The molecule has 136 valence electrons. The summed E-state index contributed by atoms with van der Waals surface area (Å²) < 4.78 is 11.6. The Morgan fingerprint density at radius 1 is 1.44 bits per heavy atom. The summed E-state index contributed by atoms with van der Waals surface area (Å²) in [6.07, 6.45) is 3.82. The van der Waals surface area contributed by atoms with Gasteiger partial charge >= 0.3 is 0 Å². The molecule has 5 heteroatoms. The Balaban J connectivity index is 2.15. The van der Waals surface area contributed by atoms with Crippen molar-refractivity contribution in [1.29, 1.82) is 5.26 Å². The Morgan fingerprint density at radius 3 is 2.72 bits per heavy atom. The molecule has 1 saturated carbocycles. The summed E-state index contributed by atoms with van der Waals surface area (Å²) in [6, 6.07) is 7.31. The summed E-state index contributed by atoms with van der Waals surface area (Å²) in [5.41, 5.74) is 0.0491. The fourth-order valence-corrected chi connectivity index (χ4v) is 2.68. The Bertz CT molecular complexity index is 649. The zero-order valence-corrected chi connectivity index (χ0v) is 15.6. The number of nitrogens with zero attached hydrogens (tertiary/aromatic N) is 1. The Labute approximate surface area is 150 Å². The van der Waals surface area contributed by atoms with E-state index >= 15 is 0 Å². The first kappa shape index (κ1) is 19.3. The predicted molar refractivity (Wildman–Crippen MR) is 97.5 cm³/mol. The second-order valence-electron chi connectivity index (χ2n) is 6.84. The van der Waals surface area contributed by atoms with Gasteiger partial charge in [0.15, 0.2) is 0 Å². The van der Waals surface area contributed by atoms with Crippen molar-refractivity contribution >= 4 is 11.6 Å². The molecule has 0 bridgehead atoms. The number of nitrogens with one attached hydrogen (secondary N) is 1. The van der Waals surface area contributed by atoms with Gasteiger partial charge in [0.25, 0.3) is 5.91 Å². The molecular formula is C20H28N2O3. The maximum atomic E-state index is 12.8. The highest BCUT2D eigenvalue weighted by Gasteiger charge is 2.48. The third kappa shape index (κ3) is 4.73. The number of benzene rings is 1. The fraction of sp³-hybridized carbons (Fsp3) is 0.600. The maximum Gasteiger partial charge on any atom is 0.256 e. The molecule has 2 rings (SSSR count). The number of nitriles is 1. The van der Waals surface area contributed by atoms with Gasteiger partial charge in [-0.3, -0.25) is 4.79 Å². The third-order valence-corrected chi connectivity index (χ3v) is 4.69. The average Bonchev–Trinajstić information content (AvgIpc) is 3.46. The van der Waals surface area contributed by atoms with Gasteiger partial charge in [0, 0.05) is 12.7 Å². The summed E-state index contributed by atoms with van der Waals surface area (Å²) in [7, 11) is 0. The summed E-state index contributed by atoms with van der Waals surface area (Å²) >= 11 is 0. The molecule has 2 atom stereocenters. The van der Waals surface area contributed by atoms with Gasteiger partial charge in [-0.2, -0.15) is 5.26 Å². The number of hydrogen-bond donors (Lipinski definition) is 1. The van der Waals surface area contributed by atoms with Crippen molar-refractivity contribution < 1.29 is 14.3 Å². The molecule has 5 nitrogen and oxygen atoms in total. The molecule has 1 aliphatic rings. The van der Waals surface area contributed by atoms with Crippen LogP contribution < -0.4 is 10.1 Å². The van der Waals surface area contributed by atoms with E-state index in [1.54, 1.807) is 18.2 Å². The molecule has 1 aliphatic carbocycles. The molecule has 1 fully saturated rings. The highest BCUT2D eigenvalue weighted by atomic mass is 16.5. The predicted octanol–water partition coefficient (Wildman–Crippen LogP) is 4.27. The molecule has 0 aliphatic heterocycles. The summed E-state index contributed by atoms with van der Waals surface area (Å²) in [6.45, 7) is 8.44. The number of anilines is 1. The van der Waals surface area contributed by atoms with Gasteiger partial charge in [0.1, 0.15) is 17.4 Å². The lowest BCUT2D eigenvalue weighted by Crippen LogP contribution is -2.45. The minimum Gasteiger partial charge on any atom is -0.491 e. The van der Waals surface area contributed by atoms with E-state index in [9.17, 15) is 10.1 Å². The minimum absolute atomic E-state index is 0.0765. The quantitative estimate of drug-likeness (QED) is 0.726. The van der Waals surface area contributed by atoms with Crippen molar-refractivity contribution in [3.05, 3.63) is 23.8 Å². The molecule has 1 aromatic rings. The zero-order chi connectivity index (χ0) is 18.4. The Morgan fingerprint density at radius 2 is 2.16 bits per heavy atom. The van der Waals surface area contributed by atoms with E-state index in [1.807, 2.05) is 27.7 Å². The van der Waals surface area contributed by atoms with Crippen LogP contribution in [0.5, 0.6) is 5.75 Å². The normalized spacial score (nSPS) is 17.2. The van der Waals surface area contributed by atoms with Gasteiger partial charge in [-0.1, -0.05) is 13.8 Å². The number of amides is 1. The summed E-state index contributed by atoms with van der Waals surface area (Å²) in [5.74, 6) is 0.698. The topological polar surface area (TPSA) is 71.3 Å². The monoisotopic (exact) mass is 344 g/mol. The average molecular weight is 344 g/mol. The van der Waals surface area contributed by atoms with Gasteiger partial charge in [-0.25, -0.2) is 0 Å². The van der Waals surface area contributed by atoms with Crippen molar-refractivity contribution in [3.8, 4) is 11.8 Å². The van der Waals surface area contributed by atoms with Crippen LogP contribution in [0, 0.1) is 17.2 Å². The molecule has 0 spiro atoms.